The van der Waals surface area contributed by atoms with Gasteiger partial charge in [0.2, 0.25) is 11.8 Å². The molecule has 0 radical (unpaired) electrons. The van der Waals surface area contributed by atoms with Crippen molar-refractivity contribution in [2.45, 2.75) is 13.8 Å². The second-order valence-corrected chi connectivity index (χ2v) is 12.8. The Kier molecular flexibility index (Phi) is 7.21. The molecule has 0 spiro atoms. The van der Waals surface area contributed by atoms with E-state index in [-0.39, 0.29) is 0 Å². The molecule has 0 atom stereocenters. The fraction of sp³-hybridized carbons (Fsp3) is 0.0435. The summed E-state index contributed by atoms with van der Waals surface area (Å²) in [4.78, 5) is 0. The molecule has 9 rings (SSSR count). The van der Waals surface area contributed by atoms with Gasteiger partial charge in [0.1, 0.15) is 0 Å². The number of hydrogen-bond donors (Lipinski definition) is 0. The molecule has 9 aromatic rings. The van der Waals surface area contributed by atoms with Crippen molar-refractivity contribution in [3.05, 3.63) is 175 Å². The molecule has 0 aliphatic carbocycles. The molecule has 50 heavy (non-hydrogen) atoms. The van der Waals surface area contributed by atoms with Crippen LogP contribution in [0.25, 0.3) is 83.8 Å². The van der Waals surface area contributed by atoms with Gasteiger partial charge in [-0.1, -0.05) is 121 Å². The van der Waals surface area contributed by atoms with Crippen LogP contribution in [0.2, 0.25) is 0 Å². The van der Waals surface area contributed by atoms with E-state index in [9.17, 15) is 0 Å². The summed E-state index contributed by atoms with van der Waals surface area (Å²) in [5.41, 5.74) is 14.8. The third-order valence-corrected chi connectivity index (χ3v) is 9.66. The fourth-order valence-corrected chi connectivity index (χ4v) is 7.11. The summed E-state index contributed by atoms with van der Waals surface area (Å²) in [5.74, 6) is 1.04. The zero-order valence-corrected chi connectivity index (χ0v) is 27.8. The van der Waals surface area contributed by atoms with E-state index in [2.05, 4.69) is 161 Å². The molecule has 7 aromatic carbocycles. The van der Waals surface area contributed by atoms with E-state index >= 15 is 0 Å². The van der Waals surface area contributed by atoms with Gasteiger partial charge in [0.15, 0.2) is 0 Å². The minimum atomic E-state index is 0.507. The Balaban J connectivity index is 1.11. The average molecular weight is 644 g/mol. The van der Waals surface area contributed by atoms with Crippen molar-refractivity contribution in [1.29, 1.82) is 0 Å². The van der Waals surface area contributed by atoms with Gasteiger partial charge >= 0.3 is 0 Å². The van der Waals surface area contributed by atoms with E-state index in [1.807, 2.05) is 31.2 Å². The van der Waals surface area contributed by atoms with Crippen LogP contribution >= 0.6 is 0 Å². The van der Waals surface area contributed by atoms with Crippen molar-refractivity contribution in [2.24, 2.45) is 0 Å². The van der Waals surface area contributed by atoms with E-state index in [0.717, 1.165) is 27.8 Å². The van der Waals surface area contributed by atoms with Gasteiger partial charge in [-0.05, 0) is 101 Å². The number of aryl methyl sites for hydroxylation is 2. The van der Waals surface area contributed by atoms with Gasteiger partial charge in [-0.15, -0.1) is 10.2 Å². The van der Waals surface area contributed by atoms with Gasteiger partial charge in [-0.3, -0.25) is 0 Å². The molecule has 238 valence electrons. The van der Waals surface area contributed by atoms with Crippen LogP contribution in [0.1, 0.15) is 11.1 Å². The second kappa shape index (κ2) is 12.2. The Labute approximate surface area is 290 Å². The van der Waals surface area contributed by atoms with Crippen molar-refractivity contribution >= 4 is 21.8 Å². The average Bonchev–Trinajstić information content (AvgIpc) is 3.79. The molecule has 0 saturated carbocycles. The van der Waals surface area contributed by atoms with Crippen molar-refractivity contribution in [1.82, 2.24) is 14.8 Å². The van der Waals surface area contributed by atoms with Crippen LogP contribution < -0.4 is 0 Å². The molecule has 0 aliphatic rings. The van der Waals surface area contributed by atoms with Crippen molar-refractivity contribution < 1.29 is 4.42 Å². The first-order valence-electron chi connectivity index (χ1n) is 16.9. The molecule has 0 bridgehead atoms. The summed E-state index contributed by atoms with van der Waals surface area (Å²) in [6, 6.07) is 58.2. The lowest BCUT2D eigenvalue weighted by molar-refractivity contribution is 0.584. The molecule has 4 nitrogen and oxygen atoms in total. The fourth-order valence-electron chi connectivity index (χ4n) is 7.11. The third kappa shape index (κ3) is 5.10. The van der Waals surface area contributed by atoms with Crippen molar-refractivity contribution in [3.63, 3.8) is 0 Å². The Morgan fingerprint density at radius 2 is 0.960 bits per heavy atom. The number of rotatable bonds is 6. The van der Waals surface area contributed by atoms with Crippen molar-refractivity contribution in [2.75, 3.05) is 0 Å². The van der Waals surface area contributed by atoms with Crippen LogP contribution in [-0.2, 0) is 0 Å². The Bertz CT molecular complexity index is 2660. The Morgan fingerprint density at radius 3 is 1.68 bits per heavy atom. The number of aromatic nitrogens is 3. The van der Waals surface area contributed by atoms with Crippen LogP contribution in [0.15, 0.2) is 168 Å². The van der Waals surface area contributed by atoms with Crippen LogP contribution in [0.4, 0.5) is 0 Å². The molecule has 0 N–H and O–H groups in total. The topological polar surface area (TPSA) is 43.9 Å². The number of nitrogens with zero attached hydrogens (tertiary/aromatic N) is 3. The summed E-state index contributed by atoms with van der Waals surface area (Å²) in [6.07, 6.45) is 0. The zero-order valence-electron chi connectivity index (χ0n) is 27.8. The Hall–Kier alpha value is -6.52. The minimum Gasteiger partial charge on any atom is -0.416 e. The standard InChI is InChI=1S/C46H33N3O/c1-30-19-26-35(27-20-30)49-43-18-10-9-17-41(43)42-29-34(25-28-44(42)49)38-14-6-8-16-40(38)39-15-7-5-13-37(39)32-21-23-33(24-22-32)45-47-48-46(50-45)36-12-4-3-11-31(36)2/h3-29H,1-2H3. The first-order valence-corrected chi connectivity index (χ1v) is 16.9. The van der Waals surface area contributed by atoms with Gasteiger partial charge in [-0.25, -0.2) is 0 Å². The third-order valence-electron chi connectivity index (χ3n) is 9.66. The quantitative estimate of drug-likeness (QED) is 0.181. The molecule has 2 aromatic heterocycles. The van der Waals surface area contributed by atoms with Crippen LogP contribution in [0.3, 0.4) is 0 Å². The van der Waals surface area contributed by atoms with Crippen molar-refractivity contribution in [3.8, 4) is 62.0 Å². The van der Waals surface area contributed by atoms with E-state index in [4.69, 9.17) is 4.42 Å². The zero-order chi connectivity index (χ0) is 33.6. The molecular formula is C46H33N3O. The molecule has 0 fully saturated rings. The van der Waals surface area contributed by atoms with E-state index in [1.54, 1.807) is 0 Å². The highest BCUT2D eigenvalue weighted by Gasteiger charge is 2.17. The first kappa shape index (κ1) is 29.6. The van der Waals surface area contributed by atoms with Crippen LogP contribution in [-0.4, -0.2) is 14.8 Å². The summed E-state index contributed by atoms with van der Waals surface area (Å²) >= 11 is 0. The summed E-state index contributed by atoms with van der Waals surface area (Å²) in [5, 5.41) is 11.2. The summed E-state index contributed by atoms with van der Waals surface area (Å²) in [7, 11) is 0. The summed E-state index contributed by atoms with van der Waals surface area (Å²) < 4.78 is 8.48. The monoisotopic (exact) mass is 643 g/mol. The number of hydrogen-bond acceptors (Lipinski definition) is 3. The SMILES string of the molecule is Cc1ccc(-n2c3ccccc3c3cc(-c4ccccc4-c4ccccc4-c4ccc(-c5nnc(-c6ccccc6C)o5)cc4)ccc32)cc1. The largest absolute Gasteiger partial charge is 0.416 e. The highest BCUT2D eigenvalue weighted by atomic mass is 16.4. The lowest BCUT2D eigenvalue weighted by atomic mass is 9.89. The lowest BCUT2D eigenvalue weighted by Crippen LogP contribution is -1.93. The molecular weight excluding hydrogens is 611 g/mol. The smallest absolute Gasteiger partial charge is 0.248 e. The van der Waals surface area contributed by atoms with Gasteiger partial charge in [0.25, 0.3) is 0 Å². The molecule has 0 aliphatic heterocycles. The van der Waals surface area contributed by atoms with E-state index in [0.29, 0.717) is 11.8 Å². The lowest BCUT2D eigenvalue weighted by Gasteiger charge is -2.15. The maximum Gasteiger partial charge on any atom is 0.248 e. The van der Waals surface area contributed by atoms with E-state index in [1.165, 1.54) is 55.3 Å². The van der Waals surface area contributed by atoms with E-state index < -0.39 is 0 Å². The van der Waals surface area contributed by atoms with Gasteiger partial charge in [0.05, 0.1) is 11.0 Å². The maximum atomic E-state index is 6.10. The summed E-state index contributed by atoms with van der Waals surface area (Å²) in [6.45, 7) is 4.18. The Morgan fingerprint density at radius 1 is 0.420 bits per heavy atom. The molecule has 0 amide bonds. The number of para-hydroxylation sites is 1. The van der Waals surface area contributed by atoms with Gasteiger partial charge in [0, 0.05) is 27.6 Å². The first-order chi connectivity index (χ1) is 24.6. The molecule has 0 saturated heterocycles. The minimum absolute atomic E-state index is 0.507. The normalized spacial score (nSPS) is 11.4. The van der Waals surface area contributed by atoms with Crippen LogP contribution in [0.5, 0.6) is 0 Å². The molecule has 4 heteroatoms. The molecule has 0 unspecified atom stereocenters. The number of benzene rings is 7. The second-order valence-electron chi connectivity index (χ2n) is 12.8. The molecule has 2 heterocycles. The highest BCUT2D eigenvalue weighted by molar-refractivity contribution is 6.11. The predicted octanol–water partition coefficient (Wildman–Crippen LogP) is 12.1. The highest BCUT2D eigenvalue weighted by Crippen LogP contribution is 2.41. The van der Waals surface area contributed by atoms with Crippen LogP contribution in [0, 0.1) is 13.8 Å². The maximum absolute atomic E-state index is 6.10. The van der Waals surface area contributed by atoms with Gasteiger partial charge in [-0.2, -0.15) is 0 Å². The van der Waals surface area contributed by atoms with Gasteiger partial charge < -0.3 is 8.98 Å². The predicted molar refractivity (Wildman–Crippen MR) is 205 cm³/mol. The number of fused-ring (bicyclic) bond motifs is 3.